The normalized spacial score (nSPS) is 16.9. The molecule has 188 valence electrons. The van der Waals surface area contributed by atoms with E-state index in [1.165, 1.54) is 4.90 Å². The average Bonchev–Trinajstić information content (AvgIpc) is 3.33. The highest BCUT2D eigenvalue weighted by atomic mass is 35.5. The van der Waals surface area contributed by atoms with Gasteiger partial charge in [0, 0.05) is 17.7 Å². The highest BCUT2D eigenvalue weighted by Crippen LogP contribution is 2.38. The number of para-hydroxylation sites is 1. The Balaban J connectivity index is 1.56. The van der Waals surface area contributed by atoms with Crippen molar-refractivity contribution in [3.8, 4) is 17.0 Å². The Kier molecular flexibility index (Phi) is 6.48. The van der Waals surface area contributed by atoms with Crippen molar-refractivity contribution in [1.29, 1.82) is 0 Å². The molecule has 1 N–H and O–H groups in total. The van der Waals surface area contributed by atoms with Crippen LogP contribution in [0.3, 0.4) is 0 Å². The minimum Gasteiger partial charge on any atom is -0.496 e. The number of hydrogen-bond donors (Lipinski definition) is 1. The van der Waals surface area contributed by atoms with Crippen LogP contribution in [-0.2, 0) is 17.9 Å². The summed E-state index contributed by atoms with van der Waals surface area (Å²) in [5.41, 5.74) is 2.90. The first-order valence-corrected chi connectivity index (χ1v) is 12.3. The molecule has 4 aromatic rings. The second kappa shape index (κ2) is 9.75. The summed E-state index contributed by atoms with van der Waals surface area (Å²) in [6.45, 7) is 4.06. The average molecular weight is 515 g/mol. The molecule has 1 atom stereocenters. The fourth-order valence-electron chi connectivity index (χ4n) is 4.72. The number of fused-ring (bicyclic) bond motifs is 1. The molecule has 0 bridgehead atoms. The van der Waals surface area contributed by atoms with Crippen molar-refractivity contribution in [1.82, 2.24) is 15.1 Å². The summed E-state index contributed by atoms with van der Waals surface area (Å²) < 4.78 is 7.04. The van der Waals surface area contributed by atoms with E-state index >= 15 is 0 Å². The van der Waals surface area contributed by atoms with Crippen LogP contribution in [0.15, 0.2) is 78.9 Å². The van der Waals surface area contributed by atoms with Crippen LogP contribution in [0.5, 0.6) is 5.75 Å². The van der Waals surface area contributed by atoms with E-state index in [0.717, 1.165) is 16.7 Å². The first-order valence-electron chi connectivity index (χ1n) is 12.0. The molecule has 0 spiro atoms. The smallest absolute Gasteiger partial charge is 0.277 e. The molecule has 0 radical (unpaired) electrons. The summed E-state index contributed by atoms with van der Waals surface area (Å²) in [5, 5.41) is 8.10. The molecule has 0 saturated heterocycles. The zero-order chi connectivity index (χ0) is 26.2. The lowest BCUT2D eigenvalue weighted by atomic mass is 9.93. The van der Waals surface area contributed by atoms with Gasteiger partial charge < -0.3 is 10.1 Å². The number of rotatable bonds is 6. The Hall–Kier alpha value is -4.10. The van der Waals surface area contributed by atoms with Gasteiger partial charge in [0.2, 0.25) is 5.91 Å². The Bertz CT molecular complexity index is 1480. The van der Waals surface area contributed by atoms with Crippen LogP contribution >= 0.6 is 11.6 Å². The summed E-state index contributed by atoms with van der Waals surface area (Å²) in [4.78, 5) is 29.4. The molecule has 1 aliphatic heterocycles. The summed E-state index contributed by atoms with van der Waals surface area (Å²) in [5.74, 6) is 0.000379. The quantitative estimate of drug-likeness (QED) is 0.381. The third-order valence-corrected chi connectivity index (χ3v) is 6.99. The second-order valence-electron chi connectivity index (χ2n) is 9.30. The van der Waals surface area contributed by atoms with E-state index in [9.17, 15) is 9.59 Å². The van der Waals surface area contributed by atoms with Gasteiger partial charge in [-0.3, -0.25) is 19.2 Å². The summed E-state index contributed by atoms with van der Waals surface area (Å²) in [7, 11) is 1.59. The standard InChI is InChI=1S/C29H27ClN4O3/c1-19-13-14-24(22(30)15-19)34-27(35)25-16-23(20-9-5-4-6-10-20)32-33(25)18-29(34,2)28(36)31-17-21-11-7-8-12-26(21)37-3/h4-16H,17-18H2,1-3H3,(H,31,36). The first-order chi connectivity index (χ1) is 17.8. The van der Waals surface area contributed by atoms with Crippen molar-refractivity contribution >= 4 is 29.1 Å². The number of aryl methyl sites for hydroxylation is 1. The predicted molar refractivity (Wildman–Crippen MR) is 144 cm³/mol. The molecule has 7 nitrogen and oxygen atoms in total. The van der Waals surface area contributed by atoms with Crippen molar-refractivity contribution in [2.45, 2.75) is 32.5 Å². The van der Waals surface area contributed by atoms with Crippen LogP contribution in [0.25, 0.3) is 11.3 Å². The molecule has 37 heavy (non-hydrogen) atoms. The van der Waals surface area contributed by atoms with Crippen molar-refractivity contribution in [3.63, 3.8) is 0 Å². The lowest BCUT2D eigenvalue weighted by Gasteiger charge is -2.43. The number of amides is 2. The van der Waals surface area contributed by atoms with E-state index in [4.69, 9.17) is 21.4 Å². The van der Waals surface area contributed by atoms with Crippen LogP contribution in [0, 0.1) is 6.92 Å². The monoisotopic (exact) mass is 514 g/mol. The van der Waals surface area contributed by atoms with E-state index in [2.05, 4.69) is 5.32 Å². The Morgan fingerprint density at radius 2 is 1.81 bits per heavy atom. The van der Waals surface area contributed by atoms with Gasteiger partial charge in [-0.25, -0.2) is 0 Å². The topological polar surface area (TPSA) is 76.5 Å². The molecule has 0 saturated carbocycles. The largest absolute Gasteiger partial charge is 0.496 e. The van der Waals surface area contributed by atoms with Crippen molar-refractivity contribution in [2.24, 2.45) is 0 Å². The minimum atomic E-state index is -1.30. The number of hydrogen-bond acceptors (Lipinski definition) is 4. The van der Waals surface area contributed by atoms with E-state index < -0.39 is 5.54 Å². The van der Waals surface area contributed by atoms with Gasteiger partial charge in [0.05, 0.1) is 30.1 Å². The number of methoxy groups -OCH3 is 1. The molecule has 2 amide bonds. The van der Waals surface area contributed by atoms with E-state index in [1.54, 1.807) is 36.9 Å². The highest BCUT2D eigenvalue weighted by Gasteiger charge is 2.49. The Morgan fingerprint density at radius 3 is 2.54 bits per heavy atom. The molecule has 1 aromatic heterocycles. The molecule has 0 fully saturated rings. The third kappa shape index (κ3) is 4.47. The van der Waals surface area contributed by atoms with Gasteiger partial charge in [0.15, 0.2) is 0 Å². The van der Waals surface area contributed by atoms with Crippen molar-refractivity contribution in [2.75, 3.05) is 12.0 Å². The van der Waals surface area contributed by atoms with Crippen LogP contribution < -0.4 is 15.0 Å². The number of benzene rings is 3. The van der Waals surface area contributed by atoms with E-state index in [0.29, 0.717) is 27.8 Å². The van der Waals surface area contributed by atoms with Crippen LogP contribution in [0.4, 0.5) is 5.69 Å². The number of anilines is 1. The number of halogens is 1. The minimum absolute atomic E-state index is 0.156. The van der Waals surface area contributed by atoms with Gasteiger partial charge in [-0.15, -0.1) is 0 Å². The van der Waals surface area contributed by atoms with Gasteiger partial charge in [-0.2, -0.15) is 5.10 Å². The first kappa shape index (κ1) is 24.6. The number of ether oxygens (including phenoxy) is 1. The van der Waals surface area contributed by atoms with E-state index in [-0.39, 0.29) is 24.9 Å². The molecule has 1 unspecified atom stereocenters. The number of aromatic nitrogens is 2. The molecular formula is C29H27ClN4O3. The van der Waals surface area contributed by atoms with Crippen LogP contribution in [-0.4, -0.2) is 34.2 Å². The van der Waals surface area contributed by atoms with Gasteiger partial charge in [0.25, 0.3) is 5.91 Å². The zero-order valence-electron chi connectivity index (χ0n) is 20.9. The van der Waals surface area contributed by atoms with Gasteiger partial charge in [-0.1, -0.05) is 66.2 Å². The molecule has 2 heterocycles. The molecular weight excluding hydrogens is 488 g/mol. The summed E-state index contributed by atoms with van der Waals surface area (Å²) in [6.07, 6.45) is 0. The third-order valence-electron chi connectivity index (χ3n) is 6.69. The fourth-order valence-corrected chi connectivity index (χ4v) is 5.04. The van der Waals surface area contributed by atoms with Crippen molar-refractivity contribution in [3.05, 3.63) is 101 Å². The van der Waals surface area contributed by atoms with Crippen LogP contribution in [0.1, 0.15) is 28.5 Å². The molecule has 8 heteroatoms. The Labute approximate surface area is 220 Å². The highest BCUT2D eigenvalue weighted by molar-refractivity contribution is 6.34. The molecule has 0 aliphatic carbocycles. The SMILES string of the molecule is COc1ccccc1CNC(=O)C1(C)Cn2nc(-c3ccccc3)cc2C(=O)N1c1ccc(C)cc1Cl. The molecule has 3 aromatic carbocycles. The predicted octanol–water partition coefficient (Wildman–Crippen LogP) is 5.26. The number of nitrogens with one attached hydrogen (secondary N) is 1. The van der Waals surface area contributed by atoms with Gasteiger partial charge in [-0.05, 0) is 43.7 Å². The fraction of sp³-hybridized carbons (Fsp3) is 0.207. The van der Waals surface area contributed by atoms with Gasteiger partial charge in [0.1, 0.15) is 17.0 Å². The number of nitrogens with zero attached hydrogens (tertiary/aromatic N) is 3. The maximum atomic E-state index is 14.0. The second-order valence-corrected chi connectivity index (χ2v) is 9.71. The molecule has 5 rings (SSSR count). The number of carbonyl (C=O) groups excluding carboxylic acids is 2. The summed E-state index contributed by atoms with van der Waals surface area (Å²) in [6, 6.07) is 24.3. The van der Waals surface area contributed by atoms with E-state index in [1.807, 2.05) is 67.6 Å². The lowest BCUT2D eigenvalue weighted by Crippen LogP contribution is -2.64. The molecule has 1 aliphatic rings. The lowest BCUT2D eigenvalue weighted by molar-refractivity contribution is -0.126. The maximum absolute atomic E-state index is 14.0. The maximum Gasteiger partial charge on any atom is 0.277 e. The summed E-state index contributed by atoms with van der Waals surface area (Å²) >= 11 is 6.64. The van der Waals surface area contributed by atoms with Crippen LogP contribution in [0.2, 0.25) is 5.02 Å². The van der Waals surface area contributed by atoms with Crippen molar-refractivity contribution < 1.29 is 14.3 Å². The Morgan fingerprint density at radius 1 is 1.08 bits per heavy atom. The van der Waals surface area contributed by atoms with Gasteiger partial charge >= 0.3 is 0 Å². The zero-order valence-corrected chi connectivity index (χ0v) is 21.6. The number of carbonyl (C=O) groups is 2.